The van der Waals surface area contributed by atoms with E-state index in [2.05, 4.69) is 20.8 Å². The first-order chi connectivity index (χ1) is 14.6. The van der Waals surface area contributed by atoms with Gasteiger partial charge in [0.25, 0.3) is 0 Å². The number of rotatable bonds is 6. The normalized spacial score (nSPS) is 13.8. The monoisotopic (exact) mass is 409 g/mol. The molecule has 30 heavy (non-hydrogen) atoms. The summed E-state index contributed by atoms with van der Waals surface area (Å²) in [6, 6.07) is 15.8. The van der Waals surface area contributed by atoms with Crippen molar-refractivity contribution in [2.45, 2.75) is 0 Å². The average Bonchev–Trinajstić information content (AvgIpc) is 2.78. The van der Waals surface area contributed by atoms with Gasteiger partial charge in [-0.15, -0.1) is 0 Å². The van der Waals surface area contributed by atoms with Crippen molar-refractivity contribution in [2.75, 3.05) is 46.8 Å². The second kappa shape index (κ2) is 8.60. The number of nitrogens with zero attached hydrogens (tertiary/aromatic N) is 5. The van der Waals surface area contributed by atoms with E-state index < -0.39 is 4.92 Å². The minimum atomic E-state index is -0.492. The minimum Gasteiger partial charge on any atom is -0.366 e. The Hall–Kier alpha value is -3.95. The van der Waals surface area contributed by atoms with E-state index >= 15 is 0 Å². The molecule has 4 rings (SSSR count). The fourth-order valence-corrected chi connectivity index (χ4v) is 3.38. The van der Waals surface area contributed by atoms with Gasteiger partial charge in [-0.25, -0.2) is 14.4 Å². The molecule has 1 aliphatic heterocycles. The molecule has 0 spiro atoms. The van der Waals surface area contributed by atoms with Crippen molar-refractivity contribution in [3.63, 3.8) is 0 Å². The highest BCUT2D eigenvalue weighted by Gasteiger charge is 2.29. The number of hydrazine groups is 1. The third kappa shape index (κ3) is 4.07. The molecule has 0 unspecified atom stereocenters. The number of anilines is 4. The summed E-state index contributed by atoms with van der Waals surface area (Å²) in [4.78, 5) is 23.3. The summed E-state index contributed by atoms with van der Waals surface area (Å²) in [5.41, 5.74) is 6.78. The number of nitrogens with one attached hydrogen (secondary N) is 2. The Labute approximate surface area is 172 Å². The summed E-state index contributed by atoms with van der Waals surface area (Å²) in [5.74, 6) is 0.0309. The highest BCUT2D eigenvalue weighted by atomic mass is 19.1. The summed E-state index contributed by atoms with van der Waals surface area (Å²) in [6.45, 7) is 1.98. The van der Waals surface area contributed by atoms with Crippen LogP contribution in [-0.4, -0.2) is 41.1 Å². The van der Waals surface area contributed by atoms with Crippen molar-refractivity contribution in [3.8, 4) is 0 Å². The molecule has 1 aliphatic rings. The van der Waals surface area contributed by atoms with E-state index in [1.807, 2.05) is 40.1 Å². The fraction of sp³-hybridized carbons (Fsp3) is 0.200. The SMILES string of the molecule is O=[N+]([O-])c1c(NNc2ccccc2)ncnc1N1CCN(c2ccccc2F)CC1. The van der Waals surface area contributed by atoms with Gasteiger partial charge in [-0.1, -0.05) is 30.3 Å². The van der Waals surface area contributed by atoms with Gasteiger partial charge in [0, 0.05) is 26.2 Å². The van der Waals surface area contributed by atoms with Gasteiger partial charge in [0.05, 0.1) is 16.3 Å². The third-order valence-corrected chi connectivity index (χ3v) is 4.86. The maximum Gasteiger partial charge on any atom is 0.355 e. The average molecular weight is 409 g/mol. The van der Waals surface area contributed by atoms with E-state index in [1.54, 1.807) is 18.2 Å². The van der Waals surface area contributed by atoms with Gasteiger partial charge >= 0.3 is 5.69 Å². The Bertz CT molecular complexity index is 1030. The lowest BCUT2D eigenvalue weighted by atomic mass is 10.2. The number of aromatic nitrogens is 2. The number of hydrogen-bond acceptors (Lipinski definition) is 8. The van der Waals surface area contributed by atoms with E-state index in [0.717, 1.165) is 5.69 Å². The highest BCUT2D eigenvalue weighted by molar-refractivity contribution is 5.72. The maximum absolute atomic E-state index is 14.1. The maximum atomic E-state index is 14.1. The summed E-state index contributed by atoms with van der Waals surface area (Å²) in [6.07, 6.45) is 1.29. The molecule has 1 fully saturated rings. The standard InChI is InChI=1S/C20H20FN7O2/c21-16-8-4-5-9-17(16)26-10-12-27(13-11-26)20-18(28(29)30)19(22-14-23-20)25-24-15-6-2-1-3-7-15/h1-9,14,24H,10-13H2,(H,22,23,25). The number of hydrogen-bond donors (Lipinski definition) is 2. The first-order valence-corrected chi connectivity index (χ1v) is 9.44. The molecule has 2 N–H and O–H groups in total. The lowest BCUT2D eigenvalue weighted by molar-refractivity contribution is -0.383. The minimum absolute atomic E-state index is 0.0744. The smallest absolute Gasteiger partial charge is 0.355 e. The molecule has 0 radical (unpaired) electrons. The second-order valence-electron chi connectivity index (χ2n) is 6.69. The summed E-state index contributed by atoms with van der Waals surface area (Å²) >= 11 is 0. The van der Waals surface area contributed by atoms with Crippen molar-refractivity contribution >= 4 is 28.7 Å². The molecule has 9 nitrogen and oxygen atoms in total. The quantitative estimate of drug-likeness (QED) is 0.473. The first-order valence-electron chi connectivity index (χ1n) is 9.44. The largest absolute Gasteiger partial charge is 0.366 e. The van der Waals surface area contributed by atoms with Crippen LogP contribution in [0.15, 0.2) is 60.9 Å². The number of nitro groups is 1. The topological polar surface area (TPSA) is 99.5 Å². The van der Waals surface area contributed by atoms with E-state index in [1.165, 1.54) is 12.4 Å². The van der Waals surface area contributed by atoms with Gasteiger partial charge in [0.15, 0.2) is 0 Å². The highest BCUT2D eigenvalue weighted by Crippen LogP contribution is 2.33. The van der Waals surface area contributed by atoms with Crippen LogP contribution in [0.1, 0.15) is 0 Å². The van der Waals surface area contributed by atoms with Crippen molar-refractivity contribution in [1.82, 2.24) is 9.97 Å². The Balaban J connectivity index is 1.51. The van der Waals surface area contributed by atoms with E-state index in [0.29, 0.717) is 31.9 Å². The molecule has 10 heteroatoms. The molecule has 2 heterocycles. The molecule has 1 saturated heterocycles. The zero-order valence-electron chi connectivity index (χ0n) is 16.0. The van der Waals surface area contributed by atoms with E-state index in [9.17, 15) is 14.5 Å². The van der Waals surface area contributed by atoms with Gasteiger partial charge in [-0.2, -0.15) is 0 Å². The van der Waals surface area contributed by atoms with Gasteiger partial charge in [0.1, 0.15) is 12.1 Å². The molecular weight excluding hydrogens is 389 g/mol. The molecule has 0 saturated carbocycles. The molecule has 1 aromatic heterocycles. The van der Waals surface area contributed by atoms with Crippen molar-refractivity contribution in [3.05, 3.63) is 76.9 Å². The summed E-state index contributed by atoms with van der Waals surface area (Å²) in [5, 5.41) is 11.8. The van der Waals surface area contributed by atoms with Gasteiger partial charge in [-0.05, 0) is 24.3 Å². The van der Waals surface area contributed by atoms with Crippen LogP contribution in [0.3, 0.4) is 0 Å². The molecule has 3 aromatic rings. The van der Waals surface area contributed by atoms with Crippen molar-refractivity contribution < 1.29 is 9.31 Å². The molecule has 2 aromatic carbocycles. The number of para-hydroxylation sites is 2. The third-order valence-electron chi connectivity index (χ3n) is 4.86. The number of halogens is 1. The second-order valence-corrected chi connectivity index (χ2v) is 6.69. The van der Waals surface area contributed by atoms with Crippen LogP contribution in [0, 0.1) is 15.9 Å². The van der Waals surface area contributed by atoms with Crippen LogP contribution < -0.4 is 20.7 Å². The Morgan fingerprint density at radius 1 is 0.900 bits per heavy atom. The summed E-state index contributed by atoms with van der Waals surface area (Å²) in [7, 11) is 0. The number of benzene rings is 2. The Morgan fingerprint density at radius 3 is 2.27 bits per heavy atom. The van der Waals surface area contributed by atoms with Crippen molar-refractivity contribution in [1.29, 1.82) is 0 Å². The van der Waals surface area contributed by atoms with Crippen LogP contribution >= 0.6 is 0 Å². The zero-order valence-corrected chi connectivity index (χ0v) is 16.0. The van der Waals surface area contributed by atoms with Gasteiger partial charge in [0.2, 0.25) is 11.6 Å². The van der Waals surface area contributed by atoms with Crippen molar-refractivity contribution in [2.24, 2.45) is 0 Å². The van der Waals surface area contributed by atoms with Gasteiger partial charge < -0.3 is 9.80 Å². The van der Waals surface area contributed by atoms with Crippen LogP contribution in [0.4, 0.5) is 33.1 Å². The van der Waals surface area contributed by atoms with E-state index in [4.69, 9.17) is 0 Å². The molecular formula is C20H20FN7O2. The van der Waals surface area contributed by atoms with Gasteiger partial charge in [-0.3, -0.25) is 21.0 Å². The van der Waals surface area contributed by atoms with E-state index in [-0.39, 0.29) is 23.1 Å². The summed E-state index contributed by atoms with van der Waals surface area (Å²) < 4.78 is 14.1. The van der Waals surface area contributed by atoms with Crippen LogP contribution in [0.2, 0.25) is 0 Å². The first kappa shape index (κ1) is 19.4. The Morgan fingerprint density at radius 2 is 1.57 bits per heavy atom. The molecule has 0 atom stereocenters. The predicted molar refractivity (Wildman–Crippen MR) is 113 cm³/mol. The fourth-order valence-electron chi connectivity index (χ4n) is 3.38. The van der Waals surface area contributed by atoms with Crippen LogP contribution in [0.25, 0.3) is 0 Å². The lowest BCUT2D eigenvalue weighted by Gasteiger charge is -2.36. The predicted octanol–water partition coefficient (Wildman–Crippen LogP) is 3.29. The molecule has 0 aliphatic carbocycles. The van der Waals surface area contributed by atoms with Crippen LogP contribution in [0.5, 0.6) is 0 Å². The molecule has 0 amide bonds. The van der Waals surface area contributed by atoms with Crippen LogP contribution in [-0.2, 0) is 0 Å². The lowest BCUT2D eigenvalue weighted by Crippen LogP contribution is -2.47. The Kier molecular flexibility index (Phi) is 5.55. The number of piperazine rings is 1. The molecule has 0 bridgehead atoms. The zero-order chi connectivity index (χ0) is 20.9. The molecule has 154 valence electrons.